The number of aryl methyl sites for hydroxylation is 1. The fourth-order valence-corrected chi connectivity index (χ4v) is 3.27. The highest BCUT2D eigenvalue weighted by Crippen LogP contribution is 2.28. The molecule has 2 rings (SSSR count). The second-order valence-corrected chi connectivity index (χ2v) is 6.30. The first kappa shape index (κ1) is 16.5. The molecule has 2 N–H and O–H groups in total. The van der Waals surface area contributed by atoms with Crippen LogP contribution in [-0.4, -0.2) is 24.4 Å². The topological polar surface area (TPSA) is 140 Å². The molecule has 0 saturated heterocycles. The fraction of sp³-hybridized carbons (Fsp3) is 0.154. The summed E-state index contributed by atoms with van der Waals surface area (Å²) in [6.45, 7) is 2.71. The molecule has 23 heavy (non-hydrogen) atoms. The Kier molecular flexibility index (Phi) is 4.10. The van der Waals surface area contributed by atoms with Crippen molar-refractivity contribution < 1.29 is 27.7 Å². The zero-order valence-corrected chi connectivity index (χ0v) is 12.9. The number of rotatable bonds is 5. The van der Waals surface area contributed by atoms with E-state index in [0.29, 0.717) is 0 Å². The van der Waals surface area contributed by atoms with Gasteiger partial charge in [-0.3, -0.25) is 14.8 Å². The molecule has 0 radical (unpaired) electrons. The molecule has 1 aromatic carbocycles. The van der Waals surface area contributed by atoms with Gasteiger partial charge < -0.3 is 9.52 Å². The van der Waals surface area contributed by atoms with Crippen LogP contribution in [0, 0.1) is 24.0 Å². The number of benzene rings is 1. The molecule has 0 spiro atoms. The maximum absolute atomic E-state index is 12.4. The Labute approximate surface area is 130 Å². The first-order chi connectivity index (χ1) is 10.6. The SMILES string of the molecule is Cc1oc(C(=O)O)cc1S(=O)(=O)Nc1cccc([N+](=O)[O-])c1C. The second-order valence-electron chi connectivity index (χ2n) is 4.65. The summed E-state index contributed by atoms with van der Waals surface area (Å²) < 4.78 is 31.8. The van der Waals surface area contributed by atoms with E-state index in [9.17, 15) is 23.3 Å². The van der Waals surface area contributed by atoms with E-state index in [2.05, 4.69) is 4.72 Å². The smallest absolute Gasteiger partial charge is 0.371 e. The molecule has 0 fully saturated rings. The number of nitro groups is 1. The highest BCUT2D eigenvalue weighted by Gasteiger charge is 2.25. The normalized spacial score (nSPS) is 11.2. The zero-order chi connectivity index (χ0) is 17.4. The van der Waals surface area contributed by atoms with Gasteiger partial charge in [-0.25, -0.2) is 13.2 Å². The molecule has 0 unspecified atom stereocenters. The lowest BCUT2D eigenvalue weighted by Gasteiger charge is -2.09. The summed E-state index contributed by atoms with van der Waals surface area (Å²) in [6.07, 6.45) is 0. The molecule has 1 aromatic heterocycles. The Balaban J connectivity index is 2.45. The summed E-state index contributed by atoms with van der Waals surface area (Å²) in [5.74, 6) is -2.02. The number of nitrogens with one attached hydrogen (secondary N) is 1. The molecule has 0 amide bonds. The molecule has 0 saturated carbocycles. The van der Waals surface area contributed by atoms with Gasteiger partial charge in [-0.05, 0) is 19.9 Å². The Hall–Kier alpha value is -2.88. The van der Waals surface area contributed by atoms with Crippen molar-refractivity contribution >= 4 is 27.4 Å². The molecule has 122 valence electrons. The minimum absolute atomic E-state index is 0.0247. The van der Waals surface area contributed by atoms with E-state index in [0.717, 1.165) is 6.07 Å². The van der Waals surface area contributed by atoms with Crippen LogP contribution in [0.1, 0.15) is 21.9 Å². The van der Waals surface area contributed by atoms with Crippen molar-refractivity contribution in [2.45, 2.75) is 18.7 Å². The summed E-state index contributed by atoms with van der Waals surface area (Å²) >= 11 is 0. The van der Waals surface area contributed by atoms with Gasteiger partial charge in [-0.2, -0.15) is 0 Å². The first-order valence-electron chi connectivity index (χ1n) is 6.24. The van der Waals surface area contributed by atoms with Crippen LogP contribution < -0.4 is 4.72 Å². The van der Waals surface area contributed by atoms with Crippen LogP contribution >= 0.6 is 0 Å². The number of carboxylic acids is 1. The standard InChI is InChI=1S/C13H12N2O7S/c1-7-9(4-3-5-10(7)15(18)19)14-23(20,21)12-6-11(13(16)17)22-8(12)2/h3-6,14H,1-2H3,(H,16,17). The molecule has 0 aliphatic heterocycles. The number of hydrogen-bond acceptors (Lipinski definition) is 6. The summed E-state index contributed by atoms with van der Waals surface area (Å²) in [7, 11) is -4.15. The van der Waals surface area contributed by atoms with E-state index in [4.69, 9.17) is 9.52 Å². The number of carboxylic acid groups (broad SMARTS) is 1. The van der Waals surface area contributed by atoms with Gasteiger partial charge in [0.1, 0.15) is 10.7 Å². The molecule has 1 heterocycles. The molecule has 9 nitrogen and oxygen atoms in total. The predicted molar refractivity (Wildman–Crippen MR) is 79.0 cm³/mol. The number of aromatic carboxylic acids is 1. The number of anilines is 1. The lowest BCUT2D eigenvalue weighted by Crippen LogP contribution is -2.14. The number of nitro benzene ring substituents is 1. The quantitative estimate of drug-likeness (QED) is 0.628. The van der Waals surface area contributed by atoms with Crippen molar-refractivity contribution in [1.82, 2.24) is 0 Å². The van der Waals surface area contributed by atoms with Crippen molar-refractivity contribution in [2.75, 3.05) is 4.72 Å². The number of furan rings is 1. The Morgan fingerprint density at radius 3 is 2.52 bits per heavy atom. The molecule has 0 aliphatic rings. The average Bonchev–Trinajstić information content (AvgIpc) is 2.84. The van der Waals surface area contributed by atoms with E-state index in [-0.39, 0.29) is 27.6 Å². The third-order valence-corrected chi connectivity index (χ3v) is 4.59. The minimum atomic E-state index is -4.15. The number of hydrogen-bond donors (Lipinski definition) is 2. The fourth-order valence-electron chi connectivity index (χ4n) is 1.97. The number of carbonyl (C=O) groups is 1. The average molecular weight is 340 g/mol. The molecule has 0 aliphatic carbocycles. The largest absolute Gasteiger partial charge is 0.475 e. The van der Waals surface area contributed by atoms with Crippen molar-refractivity contribution in [2.24, 2.45) is 0 Å². The van der Waals surface area contributed by atoms with Crippen molar-refractivity contribution in [3.8, 4) is 0 Å². The number of nitrogens with zero attached hydrogens (tertiary/aromatic N) is 1. The van der Waals surface area contributed by atoms with Gasteiger partial charge in [-0.1, -0.05) is 6.07 Å². The lowest BCUT2D eigenvalue weighted by molar-refractivity contribution is -0.385. The number of sulfonamides is 1. The van der Waals surface area contributed by atoms with Crippen molar-refractivity contribution in [1.29, 1.82) is 0 Å². The molecular weight excluding hydrogens is 328 g/mol. The van der Waals surface area contributed by atoms with Gasteiger partial charge >= 0.3 is 5.97 Å². The third kappa shape index (κ3) is 3.16. The van der Waals surface area contributed by atoms with E-state index >= 15 is 0 Å². The molecule has 2 aromatic rings. The van der Waals surface area contributed by atoms with E-state index < -0.39 is 26.7 Å². The van der Waals surface area contributed by atoms with E-state index in [1.165, 1.54) is 32.0 Å². The third-order valence-electron chi connectivity index (χ3n) is 3.12. The predicted octanol–water partition coefficient (Wildman–Crippen LogP) is 2.30. The summed E-state index contributed by atoms with van der Waals surface area (Å²) in [5, 5.41) is 19.7. The van der Waals surface area contributed by atoms with Crippen molar-refractivity contribution in [3.63, 3.8) is 0 Å². The van der Waals surface area contributed by atoms with Crippen LogP contribution in [-0.2, 0) is 10.0 Å². The second kappa shape index (κ2) is 5.72. The Bertz CT molecular complexity index is 899. The molecule has 10 heteroatoms. The summed E-state index contributed by atoms with van der Waals surface area (Å²) in [4.78, 5) is 20.8. The van der Waals surface area contributed by atoms with Gasteiger partial charge in [0.05, 0.1) is 16.2 Å². The maximum atomic E-state index is 12.4. The van der Waals surface area contributed by atoms with Crippen LogP contribution in [0.25, 0.3) is 0 Å². The molecule has 0 bridgehead atoms. The summed E-state index contributed by atoms with van der Waals surface area (Å²) in [6, 6.07) is 4.84. The van der Waals surface area contributed by atoms with Crippen molar-refractivity contribution in [3.05, 3.63) is 51.5 Å². The van der Waals surface area contributed by atoms with Crippen LogP contribution in [0.3, 0.4) is 0 Å². The van der Waals surface area contributed by atoms with E-state index in [1.54, 1.807) is 0 Å². The van der Waals surface area contributed by atoms with Gasteiger partial charge in [0.15, 0.2) is 0 Å². The van der Waals surface area contributed by atoms with Gasteiger partial charge in [0, 0.05) is 12.1 Å². The van der Waals surface area contributed by atoms with Crippen LogP contribution in [0.5, 0.6) is 0 Å². The molecule has 0 atom stereocenters. The van der Waals surface area contributed by atoms with Gasteiger partial charge in [0.2, 0.25) is 5.76 Å². The van der Waals surface area contributed by atoms with Crippen LogP contribution in [0.4, 0.5) is 11.4 Å². The van der Waals surface area contributed by atoms with Gasteiger partial charge in [-0.15, -0.1) is 0 Å². The van der Waals surface area contributed by atoms with Crippen LogP contribution in [0.2, 0.25) is 0 Å². The molecular formula is C13H12N2O7S. The Morgan fingerprint density at radius 2 is 2.00 bits per heavy atom. The zero-order valence-electron chi connectivity index (χ0n) is 12.1. The summed E-state index contributed by atoms with van der Waals surface area (Å²) in [5.41, 5.74) is -0.0716. The lowest BCUT2D eigenvalue weighted by atomic mass is 10.2. The highest BCUT2D eigenvalue weighted by atomic mass is 32.2. The maximum Gasteiger partial charge on any atom is 0.371 e. The van der Waals surface area contributed by atoms with Crippen LogP contribution in [0.15, 0.2) is 33.6 Å². The first-order valence-corrected chi connectivity index (χ1v) is 7.72. The minimum Gasteiger partial charge on any atom is -0.475 e. The van der Waals surface area contributed by atoms with E-state index in [1.807, 2.05) is 0 Å². The monoisotopic (exact) mass is 340 g/mol. The Morgan fingerprint density at radius 1 is 1.35 bits per heavy atom. The highest BCUT2D eigenvalue weighted by molar-refractivity contribution is 7.92. The van der Waals surface area contributed by atoms with Gasteiger partial charge in [0.25, 0.3) is 15.7 Å².